The number of rotatable bonds is 7. The SMILES string of the molecule is CCc1ccc(N2c3ccc(CC)cc3B3c4cc(CC)ccc4N(c4ccc(CC)c(-c5ccc6c(c5)oc5ccccc56)c4)c4cccc2c43)cc1. The largest absolute Gasteiger partial charge is 0.456 e. The van der Waals surface area contributed by atoms with Gasteiger partial charge in [-0.15, -0.1) is 0 Å². The van der Waals surface area contributed by atoms with Gasteiger partial charge >= 0.3 is 0 Å². The molecule has 0 radical (unpaired) electrons. The summed E-state index contributed by atoms with van der Waals surface area (Å²) in [6.07, 6.45) is 3.96. The van der Waals surface area contributed by atoms with Crippen LogP contribution in [0.25, 0.3) is 33.1 Å². The van der Waals surface area contributed by atoms with Gasteiger partial charge in [0.15, 0.2) is 0 Å². The average Bonchev–Trinajstić information content (AvgIpc) is 3.61. The molecule has 2 aliphatic rings. The van der Waals surface area contributed by atoms with Crippen LogP contribution in [-0.2, 0) is 25.7 Å². The molecule has 0 bridgehead atoms. The zero-order valence-corrected chi connectivity index (χ0v) is 31.5. The predicted molar refractivity (Wildman–Crippen MR) is 231 cm³/mol. The van der Waals surface area contributed by atoms with Crippen LogP contribution >= 0.6 is 0 Å². The van der Waals surface area contributed by atoms with E-state index in [9.17, 15) is 0 Å². The third-order valence-corrected chi connectivity index (χ3v) is 12.0. The number of hydrogen-bond donors (Lipinski definition) is 0. The van der Waals surface area contributed by atoms with Crippen LogP contribution in [-0.4, -0.2) is 6.71 Å². The number of benzene rings is 7. The van der Waals surface area contributed by atoms with E-state index in [-0.39, 0.29) is 6.71 Å². The summed E-state index contributed by atoms with van der Waals surface area (Å²) in [5.74, 6) is 0. The van der Waals surface area contributed by atoms with Crippen LogP contribution in [0.5, 0.6) is 0 Å². The minimum absolute atomic E-state index is 0.117. The molecule has 0 saturated heterocycles. The normalized spacial score (nSPS) is 13.0. The Morgan fingerprint density at radius 3 is 1.74 bits per heavy atom. The first-order valence-electron chi connectivity index (χ1n) is 19.7. The summed E-state index contributed by atoms with van der Waals surface area (Å²) in [6, 6.07) is 52.5. The van der Waals surface area contributed by atoms with E-state index in [1.165, 1.54) is 78.2 Å². The Balaban J connectivity index is 1.21. The molecule has 0 N–H and O–H groups in total. The van der Waals surface area contributed by atoms with Crippen LogP contribution in [0.3, 0.4) is 0 Å². The Bertz CT molecular complexity index is 2740. The number of nitrogens with zero attached hydrogens (tertiary/aromatic N) is 2. The minimum atomic E-state index is 0.117. The van der Waals surface area contributed by atoms with E-state index in [0.29, 0.717) is 0 Å². The second-order valence-corrected chi connectivity index (χ2v) is 14.8. The summed E-state index contributed by atoms with van der Waals surface area (Å²) in [5, 5.41) is 2.31. The van der Waals surface area contributed by atoms with Crippen LogP contribution in [0.4, 0.5) is 34.1 Å². The van der Waals surface area contributed by atoms with Crippen molar-refractivity contribution in [2.24, 2.45) is 0 Å². The number of para-hydroxylation sites is 1. The molecule has 3 heterocycles. The molecule has 0 spiro atoms. The van der Waals surface area contributed by atoms with E-state index in [0.717, 1.165) is 53.3 Å². The molecule has 0 amide bonds. The van der Waals surface area contributed by atoms with Crippen LogP contribution in [0.1, 0.15) is 49.9 Å². The number of anilines is 6. The molecule has 10 rings (SSSR count). The third-order valence-electron chi connectivity index (χ3n) is 12.0. The fourth-order valence-electron chi connectivity index (χ4n) is 9.09. The van der Waals surface area contributed by atoms with Crippen molar-refractivity contribution in [1.29, 1.82) is 0 Å². The number of aryl methyl sites for hydroxylation is 4. The highest BCUT2D eigenvalue weighted by Crippen LogP contribution is 2.45. The number of fused-ring (bicyclic) bond motifs is 7. The maximum atomic E-state index is 6.38. The van der Waals surface area contributed by atoms with Gasteiger partial charge < -0.3 is 14.2 Å². The van der Waals surface area contributed by atoms with E-state index >= 15 is 0 Å². The van der Waals surface area contributed by atoms with E-state index in [1.807, 2.05) is 6.07 Å². The van der Waals surface area contributed by atoms with Crippen molar-refractivity contribution in [3.8, 4) is 11.1 Å². The second kappa shape index (κ2) is 12.8. The summed E-state index contributed by atoms with van der Waals surface area (Å²) in [7, 11) is 0. The lowest BCUT2D eigenvalue weighted by Gasteiger charge is -2.44. The monoisotopic (exact) mass is 698 g/mol. The van der Waals surface area contributed by atoms with E-state index in [4.69, 9.17) is 4.42 Å². The van der Waals surface area contributed by atoms with Crippen molar-refractivity contribution in [3.05, 3.63) is 162 Å². The van der Waals surface area contributed by atoms with Gasteiger partial charge in [-0.2, -0.15) is 0 Å². The zero-order valence-electron chi connectivity index (χ0n) is 31.5. The summed E-state index contributed by atoms with van der Waals surface area (Å²) in [4.78, 5) is 5.03. The summed E-state index contributed by atoms with van der Waals surface area (Å²) in [6.45, 7) is 9.12. The summed E-state index contributed by atoms with van der Waals surface area (Å²) < 4.78 is 6.38. The molecule has 2 aliphatic heterocycles. The predicted octanol–water partition coefficient (Wildman–Crippen LogP) is 11.6. The molecule has 3 nitrogen and oxygen atoms in total. The van der Waals surface area contributed by atoms with Gasteiger partial charge in [-0.3, -0.25) is 0 Å². The Kier molecular flexibility index (Phi) is 7.76. The van der Waals surface area contributed by atoms with E-state index in [2.05, 4.69) is 171 Å². The molecule has 0 aliphatic carbocycles. The number of furan rings is 1. The van der Waals surface area contributed by atoms with Crippen LogP contribution in [0.2, 0.25) is 0 Å². The standard InChI is InChI=1S/C50H43BN2O/c1-5-32-16-22-37(23-17-32)52-44-26-18-33(6-2)28-42(44)51-43-29-34(7-3)19-27-45(43)53(47-14-11-13-46(52)50(47)51)38-24-20-35(8-4)41(31-38)36-21-25-40-39-12-9-10-15-48(39)54-49(40)30-36/h9-31H,5-8H2,1-4H3. The summed E-state index contributed by atoms with van der Waals surface area (Å²) >= 11 is 0. The van der Waals surface area contributed by atoms with Crippen LogP contribution in [0.15, 0.2) is 144 Å². The Labute approximate surface area is 318 Å². The van der Waals surface area contributed by atoms with Gasteiger partial charge in [0.2, 0.25) is 0 Å². The molecule has 262 valence electrons. The molecule has 7 aromatic carbocycles. The highest BCUT2D eigenvalue weighted by atomic mass is 16.3. The van der Waals surface area contributed by atoms with Crippen molar-refractivity contribution in [2.45, 2.75) is 53.4 Å². The first-order chi connectivity index (χ1) is 26.6. The molecular weight excluding hydrogens is 655 g/mol. The second-order valence-electron chi connectivity index (χ2n) is 14.8. The fraction of sp³-hybridized carbons (Fsp3) is 0.160. The Hall–Kier alpha value is -6.00. The molecule has 0 unspecified atom stereocenters. The molecule has 0 atom stereocenters. The van der Waals surface area contributed by atoms with Gasteiger partial charge in [0, 0.05) is 44.9 Å². The molecular formula is C50H43BN2O. The highest BCUT2D eigenvalue weighted by Gasteiger charge is 2.43. The van der Waals surface area contributed by atoms with Gasteiger partial charge in [0.25, 0.3) is 6.71 Å². The molecule has 0 saturated carbocycles. The smallest absolute Gasteiger partial charge is 0.252 e. The molecule has 4 heteroatoms. The first kappa shape index (κ1) is 32.6. The maximum Gasteiger partial charge on any atom is 0.252 e. The Morgan fingerprint density at radius 2 is 1.07 bits per heavy atom. The van der Waals surface area contributed by atoms with Gasteiger partial charge in [-0.05, 0) is 142 Å². The molecule has 54 heavy (non-hydrogen) atoms. The highest BCUT2D eigenvalue weighted by molar-refractivity contribution is 7.00. The van der Waals surface area contributed by atoms with E-state index in [1.54, 1.807) is 0 Å². The lowest BCUT2D eigenvalue weighted by atomic mass is 9.33. The van der Waals surface area contributed by atoms with Crippen molar-refractivity contribution >= 4 is 79.2 Å². The number of hydrogen-bond acceptors (Lipinski definition) is 3. The molecule has 1 aromatic heterocycles. The van der Waals surface area contributed by atoms with E-state index < -0.39 is 0 Å². The quantitative estimate of drug-likeness (QED) is 0.155. The van der Waals surface area contributed by atoms with Gasteiger partial charge in [0.05, 0.1) is 0 Å². The Morgan fingerprint density at radius 1 is 0.463 bits per heavy atom. The first-order valence-corrected chi connectivity index (χ1v) is 19.7. The van der Waals surface area contributed by atoms with Gasteiger partial charge in [-0.1, -0.05) is 100 Å². The third kappa shape index (κ3) is 4.96. The lowest BCUT2D eigenvalue weighted by molar-refractivity contribution is 0.669. The van der Waals surface area contributed by atoms with Gasteiger partial charge in [0.1, 0.15) is 11.2 Å². The molecule has 0 fully saturated rings. The van der Waals surface area contributed by atoms with Crippen LogP contribution < -0.4 is 26.2 Å². The maximum absolute atomic E-state index is 6.38. The van der Waals surface area contributed by atoms with Crippen molar-refractivity contribution in [3.63, 3.8) is 0 Å². The molecule has 8 aromatic rings. The van der Waals surface area contributed by atoms with Crippen molar-refractivity contribution < 1.29 is 4.42 Å². The zero-order chi connectivity index (χ0) is 36.5. The van der Waals surface area contributed by atoms with Crippen LogP contribution in [0, 0.1) is 0 Å². The minimum Gasteiger partial charge on any atom is -0.456 e. The lowest BCUT2D eigenvalue weighted by Crippen LogP contribution is -2.61. The average molecular weight is 699 g/mol. The van der Waals surface area contributed by atoms with Crippen molar-refractivity contribution in [1.82, 2.24) is 0 Å². The topological polar surface area (TPSA) is 19.6 Å². The summed E-state index contributed by atoms with van der Waals surface area (Å²) in [5.41, 5.74) is 21.1. The van der Waals surface area contributed by atoms with Crippen molar-refractivity contribution in [2.75, 3.05) is 9.80 Å². The fourth-order valence-corrected chi connectivity index (χ4v) is 9.09. The van der Waals surface area contributed by atoms with Gasteiger partial charge in [-0.25, -0.2) is 0 Å².